The van der Waals surface area contributed by atoms with Crippen LogP contribution in [0.1, 0.15) is 18.4 Å². The Bertz CT molecular complexity index is 681. The molecule has 0 aromatic heterocycles. The molecule has 0 bridgehead atoms. The van der Waals surface area contributed by atoms with Crippen LogP contribution in [0, 0.1) is 5.92 Å². The van der Waals surface area contributed by atoms with Crippen LogP contribution in [0.25, 0.3) is 0 Å². The fourth-order valence-corrected chi connectivity index (χ4v) is 3.23. The van der Waals surface area contributed by atoms with Crippen molar-refractivity contribution in [2.75, 3.05) is 26.7 Å². The number of carbonyl (C=O) groups excluding carboxylic acids is 2. The Balaban J connectivity index is 1.91. The van der Waals surface area contributed by atoms with Gasteiger partial charge in [-0.2, -0.15) is 0 Å². The van der Waals surface area contributed by atoms with Crippen molar-refractivity contribution in [3.8, 4) is 0 Å². The van der Waals surface area contributed by atoms with Gasteiger partial charge in [0.2, 0.25) is 11.8 Å². The number of benzene rings is 1. The lowest BCUT2D eigenvalue weighted by Crippen LogP contribution is -2.47. The number of hydrogen-bond acceptors (Lipinski definition) is 3. The quantitative estimate of drug-likeness (QED) is 0.841. The van der Waals surface area contributed by atoms with Gasteiger partial charge in [0.05, 0.1) is 18.9 Å². The molecule has 1 heterocycles. The Kier molecular flexibility index (Phi) is 6.67. The first-order valence-corrected chi connectivity index (χ1v) is 8.72. The Morgan fingerprint density at radius 1 is 1.32 bits per heavy atom. The lowest BCUT2D eigenvalue weighted by Gasteiger charge is -2.32. The predicted octanol–water partition coefficient (Wildman–Crippen LogP) is 2.32. The van der Waals surface area contributed by atoms with Crippen molar-refractivity contribution in [3.63, 3.8) is 0 Å². The Morgan fingerprint density at radius 3 is 2.68 bits per heavy atom. The van der Waals surface area contributed by atoms with E-state index in [1.54, 1.807) is 25.2 Å². The second-order valence-corrected chi connectivity index (χ2v) is 7.02. The monoisotopic (exact) mass is 386 g/mol. The van der Waals surface area contributed by atoms with Crippen molar-refractivity contribution in [1.29, 1.82) is 0 Å². The lowest BCUT2D eigenvalue weighted by atomic mass is 9.98. The lowest BCUT2D eigenvalue weighted by molar-refractivity contribution is -0.147. The summed E-state index contributed by atoms with van der Waals surface area (Å²) in [6.07, 6.45) is 1.29. The number of hydrogen-bond donors (Lipinski definition) is 1. The number of carbonyl (C=O) groups is 3. The molecule has 0 radical (unpaired) electrons. The van der Waals surface area contributed by atoms with Crippen LogP contribution in [-0.4, -0.2) is 59.4 Å². The summed E-state index contributed by atoms with van der Waals surface area (Å²) in [7, 11) is 1.54. The number of likely N-dealkylation sites (N-methyl/N-ethyl adjacent to an activating group) is 1. The average Bonchev–Trinajstić information content (AvgIpc) is 2.57. The highest BCUT2D eigenvalue weighted by atomic mass is 35.5. The van der Waals surface area contributed by atoms with E-state index in [0.29, 0.717) is 35.0 Å². The predicted molar refractivity (Wildman–Crippen MR) is 94.7 cm³/mol. The largest absolute Gasteiger partial charge is 0.481 e. The normalized spacial score (nSPS) is 17.2. The number of carboxylic acid groups (broad SMARTS) is 1. The third-order valence-electron chi connectivity index (χ3n) is 4.28. The van der Waals surface area contributed by atoms with Crippen LogP contribution in [0.2, 0.25) is 10.0 Å². The Morgan fingerprint density at radius 2 is 2.04 bits per heavy atom. The molecule has 0 spiro atoms. The zero-order valence-electron chi connectivity index (χ0n) is 13.9. The summed E-state index contributed by atoms with van der Waals surface area (Å²) in [5, 5.41) is 9.99. The molecule has 1 aliphatic heterocycles. The number of halogens is 2. The second-order valence-electron chi connectivity index (χ2n) is 6.18. The van der Waals surface area contributed by atoms with E-state index in [4.69, 9.17) is 28.3 Å². The van der Waals surface area contributed by atoms with Gasteiger partial charge < -0.3 is 14.9 Å². The number of carboxylic acids is 1. The van der Waals surface area contributed by atoms with Crippen molar-refractivity contribution in [2.24, 2.45) is 5.92 Å². The molecule has 2 rings (SSSR count). The van der Waals surface area contributed by atoms with Crippen molar-refractivity contribution < 1.29 is 19.5 Å². The summed E-state index contributed by atoms with van der Waals surface area (Å²) in [5.41, 5.74) is 0.638. The molecule has 1 aromatic carbocycles. The summed E-state index contributed by atoms with van der Waals surface area (Å²) in [6.45, 7) is 0.628. The average molecular weight is 387 g/mol. The highest BCUT2D eigenvalue weighted by molar-refractivity contribution is 6.35. The third kappa shape index (κ3) is 5.34. The van der Waals surface area contributed by atoms with E-state index in [9.17, 15) is 14.4 Å². The first kappa shape index (κ1) is 19.5. The number of amides is 2. The van der Waals surface area contributed by atoms with E-state index in [-0.39, 0.29) is 31.3 Å². The minimum Gasteiger partial charge on any atom is -0.481 e. The zero-order valence-corrected chi connectivity index (χ0v) is 15.4. The van der Waals surface area contributed by atoms with Gasteiger partial charge in [-0.1, -0.05) is 29.3 Å². The summed E-state index contributed by atoms with van der Waals surface area (Å²) in [6, 6.07) is 4.90. The van der Waals surface area contributed by atoms with E-state index in [0.717, 1.165) is 0 Å². The Labute approximate surface area is 156 Å². The van der Waals surface area contributed by atoms with E-state index in [1.165, 1.54) is 9.80 Å². The zero-order chi connectivity index (χ0) is 18.6. The molecule has 1 aromatic rings. The van der Waals surface area contributed by atoms with Gasteiger partial charge in [-0.05, 0) is 30.5 Å². The van der Waals surface area contributed by atoms with Crippen molar-refractivity contribution >= 4 is 41.0 Å². The SMILES string of the molecule is CN(CC(=O)N1CCCC(C(=O)O)C1)C(=O)Cc1ccc(Cl)cc1Cl. The summed E-state index contributed by atoms with van der Waals surface area (Å²) in [4.78, 5) is 38.6. The van der Waals surface area contributed by atoms with E-state index >= 15 is 0 Å². The van der Waals surface area contributed by atoms with Gasteiger partial charge in [0.1, 0.15) is 0 Å². The van der Waals surface area contributed by atoms with Crippen molar-refractivity contribution in [1.82, 2.24) is 9.80 Å². The standard InChI is InChI=1S/C17H20Cl2N2O4/c1-20(15(22)7-11-4-5-13(18)8-14(11)19)10-16(23)21-6-2-3-12(9-21)17(24)25/h4-5,8,12H,2-3,6-7,9-10H2,1H3,(H,24,25). The third-order valence-corrected chi connectivity index (χ3v) is 4.87. The molecule has 2 amide bonds. The summed E-state index contributed by atoms with van der Waals surface area (Å²) >= 11 is 11.9. The van der Waals surface area contributed by atoms with Gasteiger partial charge >= 0.3 is 5.97 Å². The number of nitrogens with zero attached hydrogens (tertiary/aromatic N) is 2. The second kappa shape index (κ2) is 8.54. The van der Waals surface area contributed by atoms with Gasteiger partial charge in [0, 0.05) is 30.2 Å². The molecule has 136 valence electrons. The van der Waals surface area contributed by atoms with Crippen molar-refractivity contribution in [3.05, 3.63) is 33.8 Å². The molecule has 0 saturated carbocycles. The highest BCUT2D eigenvalue weighted by Crippen LogP contribution is 2.22. The molecule has 1 aliphatic rings. The molecule has 1 saturated heterocycles. The number of likely N-dealkylation sites (tertiary alicyclic amines) is 1. The summed E-state index contributed by atoms with van der Waals surface area (Å²) < 4.78 is 0. The van der Waals surface area contributed by atoms with Crippen LogP contribution < -0.4 is 0 Å². The van der Waals surface area contributed by atoms with Crippen LogP contribution in [0.4, 0.5) is 0 Å². The van der Waals surface area contributed by atoms with Crippen LogP contribution in [0.3, 0.4) is 0 Å². The molecule has 1 unspecified atom stereocenters. The first-order chi connectivity index (χ1) is 11.8. The van der Waals surface area contributed by atoms with Crippen LogP contribution >= 0.6 is 23.2 Å². The van der Waals surface area contributed by atoms with Gasteiger partial charge in [0.15, 0.2) is 0 Å². The maximum atomic E-state index is 12.3. The molecule has 0 aliphatic carbocycles. The Hall–Kier alpha value is -1.79. The van der Waals surface area contributed by atoms with Crippen LogP contribution in [0.5, 0.6) is 0 Å². The minimum atomic E-state index is -0.890. The molecular formula is C17H20Cl2N2O4. The molecule has 1 N–H and O–H groups in total. The fourth-order valence-electron chi connectivity index (χ4n) is 2.76. The molecule has 1 fully saturated rings. The highest BCUT2D eigenvalue weighted by Gasteiger charge is 2.29. The molecule has 8 heteroatoms. The maximum Gasteiger partial charge on any atom is 0.308 e. The topological polar surface area (TPSA) is 77.9 Å². The molecule has 6 nitrogen and oxygen atoms in total. The van der Waals surface area contributed by atoms with E-state index in [2.05, 4.69) is 0 Å². The van der Waals surface area contributed by atoms with Gasteiger partial charge in [0.25, 0.3) is 0 Å². The van der Waals surface area contributed by atoms with Crippen LogP contribution in [-0.2, 0) is 20.8 Å². The number of aliphatic carboxylic acids is 1. The maximum absolute atomic E-state index is 12.3. The summed E-state index contributed by atoms with van der Waals surface area (Å²) in [5.74, 6) is -1.92. The van der Waals surface area contributed by atoms with E-state index < -0.39 is 11.9 Å². The van der Waals surface area contributed by atoms with Gasteiger partial charge in [-0.25, -0.2) is 0 Å². The molecular weight excluding hydrogens is 367 g/mol. The van der Waals surface area contributed by atoms with E-state index in [1.807, 2.05) is 0 Å². The van der Waals surface area contributed by atoms with Crippen molar-refractivity contribution in [2.45, 2.75) is 19.3 Å². The number of piperidine rings is 1. The number of rotatable bonds is 5. The molecule has 25 heavy (non-hydrogen) atoms. The smallest absolute Gasteiger partial charge is 0.308 e. The first-order valence-electron chi connectivity index (χ1n) is 7.96. The molecule has 1 atom stereocenters. The van der Waals surface area contributed by atoms with Gasteiger partial charge in [-0.15, -0.1) is 0 Å². The van der Waals surface area contributed by atoms with Gasteiger partial charge in [-0.3, -0.25) is 14.4 Å². The van der Waals surface area contributed by atoms with Crippen LogP contribution in [0.15, 0.2) is 18.2 Å². The minimum absolute atomic E-state index is 0.0670. The fraction of sp³-hybridized carbons (Fsp3) is 0.471.